The predicted octanol–water partition coefficient (Wildman–Crippen LogP) is 16.7. The Morgan fingerprint density at radius 2 is 0.986 bits per heavy atom. The Balaban J connectivity index is 0.000000182. The fraction of sp³-hybridized carbons (Fsp3) is 0.296. The van der Waals surface area contributed by atoms with Gasteiger partial charge in [0.1, 0.15) is 21.4 Å². The minimum Gasteiger partial charge on any atom is -0.321 e. The molecule has 72 heavy (non-hydrogen) atoms. The Morgan fingerprint density at radius 3 is 1.38 bits per heavy atom. The molecule has 4 aromatic carbocycles. The summed E-state index contributed by atoms with van der Waals surface area (Å²) in [6.07, 6.45) is 11.0. The smallest absolute Gasteiger partial charge is 0.175 e. The molecule has 8 aromatic rings. The molecule has 0 amide bonds. The van der Waals surface area contributed by atoms with E-state index in [4.69, 9.17) is 28.2 Å². The number of aromatic nitrogens is 4. The van der Waals surface area contributed by atoms with Crippen LogP contribution in [-0.2, 0) is 33.8 Å². The molecule has 8 nitrogen and oxygen atoms in total. The largest absolute Gasteiger partial charge is 0.321 e. The van der Waals surface area contributed by atoms with E-state index in [1.54, 1.807) is 84.6 Å². The van der Waals surface area contributed by atoms with Gasteiger partial charge < -0.3 is 9.13 Å². The van der Waals surface area contributed by atoms with Crippen LogP contribution in [0, 0.1) is 3.83 Å². The summed E-state index contributed by atoms with van der Waals surface area (Å²) in [4.78, 5) is 13.3. The first-order valence-corrected chi connectivity index (χ1v) is 40.2. The fourth-order valence-electron chi connectivity index (χ4n) is 8.00. The maximum Gasteiger partial charge on any atom is 0.175 e. The molecule has 0 aliphatic heterocycles. The van der Waals surface area contributed by atoms with Gasteiger partial charge in [-0.3, -0.25) is 0 Å². The molecule has 18 heteroatoms. The molecule has 0 N–H and O–H groups in total. The van der Waals surface area contributed by atoms with Crippen molar-refractivity contribution in [2.45, 2.75) is 102 Å². The number of nitrogens with zero attached hydrogens (tertiary/aromatic N) is 4. The summed E-state index contributed by atoms with van der Waals surface area (Å²) in [5.74, 6) is 0.874. The van der Waals surface area contributed by atoms with Crippen LogP contribution in [0.5, 0.6) is 0 Å². The van der Waals surface area contributed by atoms with Crippen LogP contribution in [0.15, 0.2) is 162 Å². The van der Waals surface area contributed by atoms with Crippen molar-refractivity contribution in [3.05, 3.63) is 146 Å². The summed E-state index contributed by atoms with van der Waals surface area (Å²) in [6.45, 7) is 7.06. The molecule has 0 aliphatic rings. The van der Waals surface area contributed by atoms with Crippen LogP contribution < -0.4 is 2.89 Å². The number of sulfone groups is 2. The van der Waals surface area contributed by atoms with E-state index in [-0.39, 0.29) is 0 Å². The average molecular weight is 1340 g/mol. The second-order valence-electron chi connectivity index (χ2n) is 17.5. The Kier molecular flexibility index (Phi) is 22.4. The number of hydrogen-bond donors (Lipinski definition) is 0. The van der Waals surface area contributed by atoms with E-state index in [0.29, 0.717) is 19.8 Å². The molecule has 0 bridgehead atoms. The van der Waals surface area contributed by atoms with Gasteiger partial charge in [-0.15, -0.1) is 11.3 Å². The van der Waals surface area contributed by atoms with Gasteiger partial charge in [-0.1, -0.05) is 77.1 Å². The van der Waals surface area contributed by atoms with Gasteiger partial charge in [-0.05, 0) is 107 Å². The number of halogens is 3. The summed E-state index contributed by atoms with van der Waals surface area (Å²) in [6, 6.07) is 37.8. The van der Waals surface area contributed by atoms with E-state index in [1.165, 1.54) is 51.0 Å². The van der Waals surface area contributed by atoms with Crippen LogP contribution >= 0.6 is 92.0 Å². The number of hydrogen-bond acceptors (Lipinski definition) is 10. The Bertz CT molecular complexity index is 3160. The first-order chi connectivity index (χ1) is 34.4. The van der Waals surface area contributed by atoms with Gasteiger partial charge in [0, 0.05) is 57.6 Å². The monoisotopic (exact) mass is 1340 g/mol. The van der Waals surface area contributed by atoms with Gasteiger partial charge in [-0.25, -0.2) is 26.8 Å². The second-order valence-corrected chi connectivity index (χ2v) is 41.5. The molecule has 0 spiro atoms. The van der Waals surface area contributed by atoms with Gasteiger partial charge in [-0.2, -0.15) is 0 Å². The number of benzene rings is 4. The quantitative estimate of drug-likeness (QED) is 0.0583. The van der Waals surface area contributed by atoms with Crippen LogP contribution in [0.1, 0.15) is 59.3 Å². The SMILES string of the molecule is CCC[CH2][Sn]([CH2]CCC)([CH2]CCC)[c]1cccs1.Cn1c(-c2cccs2)nc(-c2ccc(S(C)(=O)=O)cc2)c1Sc1ccc(Cl)cc1.Cn1c(I)nc(-c2ccc(S(C)(=O)=O)cc2)c1Sc1ccc(Cl)cc1. The number of thiophene rings is 2. The Hall–Kier alpha value is -2.59. The topological polar surface area (TPSA) is 104 Å². The molecule has 0 unspecified atom stereocenters. The maximum atomic E-state index is 11.8. The van der Waals surface area contributed by atoms with Gasteiger partial charge in [0.05, 0.1) is 14.7 Å². The number of unbranched alkanes of at least 4 members (excludes halogenated alkanes) is 3. The van der Waals surface area contributed by atoms with E-state index in [2.05, 4.69) is 81.8 Å². The molecule has 0 atom stereocenters. The molecule has 4 aromatic heterocycles. The van der Waals surface area contributed by atoms with Gasteiger partial charge in [0.2, 0.25) is 0 Å². The summed E-state index contributed by atoms with van der Waals surface area (Å²) in [7, 11) is -2.50. The van der Waals surface area contributed by atoms with Crippen molar-refractivity contribution in [3.8, 4) is 33.2 Å². The van der Waals surface area contributed by atoms with E-state index >= 15 is 0 Å². The van der Waals surface area contributed by atoms with Gasteiger partial charge >= 0.3 is 123 Å². The molecular formula is C54H61Cl2IN4O4S6Sn. The van der Waals surface area contributed by atoms with Crippen molar-refractivity contribution < 1.29 is 16.8 Å². The molecular weight excluding hydrogens is 1280 g/mol. The molecule has 0 saturated carbocycles. The van der Waals surface area contributed by atoms with Crippen LogP contribution in [-0.4, -0.2) is 66.8 Å². The normalized spacial score (nSPS) is 11.8. The second kappa shape index (κ2) is 27.5. The number of rotatable bonds is 19. The third-order valence-electron chi connectivity index (χ3n) is 12.0. The molecule has 0 fully saturated rings. The first kappa shape index (κ1) is 58.7. The molecule has 0 radical (unpaired) electrons. The first-order valence-electron chi connectivity index (χ1n) is 23.7. The standard InChI is InChI=1S/C21H17ClN2O2S3.C17H14ClIN2O2S2.C4H3S.3C4H9.Sn/c1-24-20(18-4-3-13-27-18)23-19(14-5-11-17(12-6-14)29(2,25)26)21(24)28-16-9-7-15(22)8-10-16;1-21-16(24-13-7-5-12(18)6-8-13)15(20-17(21)19)11-3-9-14(10-4-11)25(2,22)23;1-2-4-5-3-1;3*1-3-4-2;/h3-13H,1-2H3;3-10H,1-2H3;1-3H;3*1,3-4H2,2H3;. The van der Waals surface area contributed by atoms with Crippen molar-refractivity contribution in [3.63, 3.8) is 0 Å². The molecule has 0 aliphatic carbocycles. The van der Waals surface area contributed by atoms with Gasteiger partial charge in [0.25, 0.3) is 0 Å². The predicted molar refractivity (Wildman–Crippen MR) is 320 cm³/mol. The van der Waals surface area contributed by atoms with Crippen molar-refractivity contribution in [2.75, 3.05) is 12.5 Å². The van der Waals surface area contributed by atoms with E-state index < -0.39 is 38.1 Å². The van der Waals surface area contributed by atoms with Crippen molar-refractivity contribution in [2.24, 2.45) is 14.1 Å². The van der Waals surface area contributed by atoms with Crippen LogP contribution in [0.25, 0.3) is 33.2 Å². The van der Waals surface area contributed by atoms with E-state index in [9.17, 15) is 16.8 Å². The van der Waals surface area contributed by atoms with Crippen molar-refractivity contribution in [1.82, 2.24) is 19.1 Å². The molecule has 382 valence electrons. The summed E-state index contributed by atoms with van der Waals surface area (Å²) >= 11 is 19.0. The minimum atomic E-state index is -3.24. The fourth-order valence-corrected chi connectivity index (χ4v) is 32.7. The zero-order valence-corrected chi connectivity index (χ0v) is 53.0. The van der Waals surface area contributed by atoms with Crippen LogP contribution in [0.2, 0.25) is 23.4 Å². The summed E-state index contributed by atoms with van der Waals surface area (Å²) < 4.78 is 58.5. The molecule has 0 saturated heterocycles. The Morgan fingerprint density at radius 1 is 0.569 bits per heavy atom. The van der Waals surface area contributed by atoms with Crippen LogP contribution in [0.3, 0.4) is 0 Å². The molecule has 8 rings (SSSR count). The van der Waals surface area contributed by atoms with E-state index in [1.807, 2.05) is 99.7 Å². The van der Waals surface area contributed by atoms with E-state index in [0.717, 1.165) is 56.9 Å². The van der Waals surface area contributed by atoms with Gasteiger partial charge in [0.15, 0.2) is 29.3 Å². The third-order valence-corrected chi connectivity index (χ3v) is 38.2. The summed E-state index contributed by atoms with van der Waals surface area (Å²) in [5.41, 5.74) is 3.39. The zero-order valence-electron chi connectivity index (χ0n) is 41.6. The van der Waals surface area contributed by atoms with Crippen molar-refractivity contribution >= 4 is 133 Å². The zero-order chi connectivity index (χ0) is 52.1. The minimum absolute atomic E-state index is 0.294. The Labute approximate surface area is 471 Å². The van der Waals surface area contributed by atoms with Crippen LogP contribution in [0.4, 0.5) is 0 Å². The molecule has 4 heterocycles. The number of imidazole rings is 2. The maximum absolute atomic E-state index is 11.8. The summed E-state index contributed by atoms with van der Waals surface area (Å²) in [5, 5.41) is 7.68. The van der Waals surface area contributed by atoms with Crippen molar-refractivity contribution in [1.29, 1.82) is 0 Å². The third kappa shape index (κ3) is 16.0. The average Bonchev–Trinajstić information content (AvgIpc) is 4.21.